The Hall–Kier alpha value is -0.910. The van der Waals surface area contributed by atoms with Gasteiger partial charge in [0.15, 0.2) is 0 Å². The van der Waals surface area contributed by atoms with Crippen molar-refractivity contribution in [3.05, 3.63) is 0 Å². The van der Waals surface area contributed by atoms with E-state index in [1.54, 1.807) is 0 Å². The molecule has 0 spiro atoms. The number of nitrogens with zero attached hydrogens (tertiary/aromatic N) is 1. The van der Waals surface area contributed by atoms with Gasteiger partial charge in [-0.3, -0.25) is 4.79 Å². The molecule has 0 bridgehead atoms. The summed E-state index contributed by atoms with van der Waals surface area (Å²) in [6.45, 7) is -2.22. The third-order valence-corrected chi connectivity index (χ3v) is 4.00. The van der Waals surface area contributed by atoms with Gasteiger partial charge >= 0.3 is 12.1 Å². The van der Waals surface area contributed by atoms with E-state index >= 15 is 0 Å². The van der Waals surface area contributed by atoms with Crippen molar-refractivity contribution in [2.45, 2.75) is 24.7 Å². The topological polar surface area (TPSA) is 95.9 Å². The van der Waals surface area contributed by atoms with Crippen molar-refractivity contribution < 1.29 is 36.2 Å². The minimum atomic E-state index is -4.72. The van der Waals surface area contributed by atoms with Crippen molar-refractivity contribution in [1.29, 1.82) is 0 Å². The smallest absolute Gasteiger partial charge is 0.402 e. The predicted molar refractivity (Wildman–Crippen MR) is 56.1 cm³/mol. The molecule has 0 aromatic carbocycles. The van der Waals surface area contributed by atoms with Crippen molar-refractivity contribution in [2.75, 3.05) is 20.2 Å². The van der Waals surface area contributed by atoms with Gasteiger partial charge in [-0.15, -0.1) is 0 Å². The maximum Gasteiger partial charge on any atom is 0.402 e. The van der Waals surface area contributed by atoms with Crippen molar-refractivity contribution in [3.8, 4) is 0 Å². The number of alkyl halides is 3. The number of β-amino-alcohol motifs (C(OH)–C–C–N with tert-alkyl or cyclic N) is 1. The van der Waals surface area contributed by atoms with Gasteiger partial charge in [-0.05, 0) is 0 Å². The van der Waals surface area contributed by atoms with Crippen molar-refractivity contribution in [2.24, 2.45) is 0 Å². The maximum atomic E-state index is 12.0. The van der Waals surface area contributed by atoms with E-state index in [0.717, 1.165) is 7.11 Å². The van der Waals surface area contributed by atoms with Crippen LogP contribution in [0.2, 0.25) is 0 Å². The standard InChI is InChI=1S/C8H13F3N2O5S/c1-18-7(15)6-2-5(14)3-13(6)19(16,17)12-4-8(9,10)11/h5-6,12,14H,2-4H2,1H3. The quantitative estimate of drug-likeness (QED) is 0.649. The Labute approximate surface area is 107 Å². The molecule has 0 saturated carbocycles. The SMILES string of the molecule is COC(=O)C1CC(O)CN1S(=O)(=O)NCC(F)(F)F. The van der Waals surface area contributed by atoms with Crippen LogP contribution in [-0.4, -0.2) is 62.3 Å². The largest absolute Gasteiger partial charge is 0.468 e. The lowest BCUT2D eigenvalue weighted by atomic mass is 10.2. The Balaban J connectivity index is 2.83. The normalized spacial score (nSPS) is 25.5. The fourth-order valence-electron chi connectivity index (χ4n) is 1.66. The van der Waals surface area contributed by atoms with Gasteiger partial charge in [0.1, 0.15) is 12.6 Å². The Kier molecular flexibility index (Phi) is 4.76. The number of aliphatic hydroxyl groups is 1. The number of carbonyl (C=O) groups excluding carboxylic acids is 1. The molecule has 1 fully saturated rings. The summed E-state index contributed by atoms with van der Waals surface area (Å²) in [6.07, 6.45) is -6.07. The van der Waals surface area contributed by atoms with E-state index in [2.05, 4.69) is 4.74 Å². The van der Waals surface area contributed by atoms with Crippen molar-refractivity contribution in [3.63, 3.8) is 0 Å². The first-order valence-corrected chi connectivity index (χ1v) is 6.60. The molecule has 1 aliphatic rings. The summed E-state index contributed by atoms with van der Waals surface area (Å²) in [6, 6.07) is -1.33. The summed E-state index contributed by atoms with van der Waals surface area (Å²) >= 11 is 0. The molecule has 2 atom stereocenters. The number of hydrogen-bond donors (Lipinski definition) is 2. The summed E-state index contributed by atoms with van der Waals surface area (Å²) in [4.78, 5) is 11.3. The van der Waals surface area contributed by atoms with Crippen LogP contribution in [0.4, 0.5) is 13.2 Å². The fourth-order valence-corrected chi connectivity index (χ4v) is 3.04. The van der Waals surface area contributed by atoms with Gasteiger partial charge in [-0.1, -0.05) is 0 Å². The summed E-state index contributed by atoms with van der Waals surface area (Å²) in [5.41, 5.74) is 0. The number of methoxy groups -OCH3 is 1. The molecule has 2 unspecified atom stereocenters. The van der Waals surface area contributed by atoms with E-state index < -0.39 is 47.6 Å². The average Bonchev–Trinajstić information content (AvgIpc) is 2.68. The first kappa shape index (κ1) is 16.1. The molecule has 0 aliphatic carbocycles. The molecule has 1 heterocycles. The molecule has 0 amide bonds. The fraction of sp³-hybridized carbons (Fsp3) is 0.875. The monoisotopic (exact) mass is 306 g/mol. The third kappa shape index (κ3) is 4.30. The van der Waals surface area contributed by atoms with Gasteiger partial charge in [0.2, 0.25) is 0 Å². The number of hydrogen-bond acceptors (Lipinski definition) is 5. The van der Waals surface area contributed by atoms with Gasteiger partial charge in [0.05, 0.1) is 13.2 Å². The van der Waals surface area contributed by atoms with Crippen LogP contribution in [0.3, 0.4) is 0 Å². The van der Waals surface area contributed by atoms with E-state index in [9.17, 15) is 31.5 Å². The Bertz CT molecular complexity index is 438. The molecule has 0 aromatic rings. The number of esters is 1. The first-order valence-electron chi connectivity index (χ1n) is 5.16. The van der Waals surface area contributed by atoms with Crippen LogP contribution in [0.1, 0.15) is 6.42 Å². The molecule has 112 valence electrons. The summed E-state index contributed by atoms with van der Waals surface area (Å²) < 4.78 is 65.4. The highest BCUT2D eigenvalue weighted by atomic mass is 32.2. The number of halogens is 3. The number of carbonyl (C=O) groups is 1. The third-order valence-electron chi connectivity index (χ3n) is 2.47. The molecule has 11 heteroatoms. The van der Waals surface area contributed by atoms with Gasteiger partial charge in [-0.2, -0.15) is 30.6 Å². The second-order valence-electron chi connectivity index (χ2n) is 3.94. The molecule has 0 radical (unpaired) electrons. The summed E-state index contributed by atoms with van der Waals surface area (Å²) in [5.74, 6) is -0.936. The van der Waals surface area contributed by atoms with Crippen LogP contribution >= 0.6 is 0 Å². The van der Waals surface area contributed by atoms with Crippen LogP contribution in [0.5, 0.6) is 0 Å². The zero-order valence-electron chi connectivity index (χ0n) is 9.85. The van der Waals surface area contributed by atoms with E-state index in [1.165, 1.54) is 4.72 Å². The molecule has 7 nitrogen and oxygen atoms in total. The Morgan fingerprint density at radius 1 is 1.53 bits per heavy atom. The lowest BCUT2D eigenvalue weighted by molar-refractivity contribution is -0.144. The maximum absolute atomic E-state index is 12.0. The number of rotatable bonds is 4. The molecule has 1 aliphatic heterocycles. The van der Waals surface area contributed by atoms with Gasteiger partial charge in [-0.25, -0.2) is 0 Å². The van der Waals surface area contributed by atoms with Crippen LogP contribution < -0.4 is 4.72 Å². The van der Waals surface area contributed by atoms with Crippen LogP contribution in [-0.2, 0) is 19.7 Å². The summed E-state index contributed by atoms with van der Waals surface area (Å²) in [5, 5.41) is 9.34. The minimum Gasteiger partial charge on any atom is -0.468 e. The lowest BCUT2D eigenvalue weighted by Gasteiger charge is -2.22. The average molecular weight is 306 g/mol. The Morgan fingerprint density at radius 2 is 2.11 bits per heavy atom. The van der Waals surface area contributed by atoms with Crippen LogP contribution in [0.15, 0.2) is 0 Å². The second-order valence-corrected chi connectivity index (χ2v) is 5.65. The first-order chi connectivity index (χ1) is 8.57. The molecule has 2 N–H and O–H groups in total. The molecule has 1 rings (SSSR count). The molecule has 19 heavy (non-hydrogen) atoms. The zero-order valence-corrected chi connectivity index (χ0v) is 10.7. The highest BCUT2D eigenvalue weighted by Gasteiger charge is 2.44. The van der Waals surface area contributed by atoms with E-state index in [-0.39, 0.29) is 6.42 Å². The van der Waals surface area contributed by atoms with Crippen LogP contribution in [0, 0.1) is 0 Å². The zero-order chi connectivity index (χ0) is 14.8. The van der Waals surface area contributed by atoms with Gasteiger partial charge in [0.25, 0.3) is 10.2 Å². The number of nitrogens with one attached hydrogen (secondary N) is 1. The predicted octanol–water partition coefficient (Wildman–Crippen LogP) is -1.01. The molecule has 1 saturated heterocycles. The van der Waals surface area contributed by atoms with Gasteiger partial charge in [0, 0.05) is 13.0 Å². The van der Waals surface area contributed by atoms with Crippen molar-refractivity contribution >= 4 is 16.2 Å². The van der Waals surface area contributed by atoms with E-state index in [4.69, 9.17) is 0 Å². The van der Waals surface area contributed by atoms with Crippen molar-refractivity contribution in [1.82, 2.24) is 9.03 Å². The highest BCUT2D eigenvalue weighted by molar-refractivity contribution is 7.87. The molecular weight excluding hydrogens is 293 g/mol. The van der Waals surface area contributed by atoms with E-state index in [1.807, 2.05) is 0 Å². The minimum absolute atomic E-state index is 0.223. The second kappa shape index (κ2) is 5.61. The highest BCUT2D eigenvalue weighted by Crippen LogP contribution is 2.22. The Morgan fingerprint density at radius 3 is 2.58 bits per heavy atom. The van der Waals surface area contributed by atoms with Crippen LogP contribution in [0.25, 0.3) is 0 Å². The number of ether oxygens (including phenoxy) is 1. The summed E-state index contributed by atoms with van der Waals surface area (Å²) in [7, 11) is -3.51. The lowest BCUT2D eigenvalue weighted by Crippen LogP contribution is -2.49. The molecule has 0 aromatic heterocycles. The number of aliphatic hydroxyl groups excluding tert-OH is 1. The van der Waals surface area contributed by atoms with E-state index in [0.29, 0.717) is 4.31 Å². The molecular formula is C8H13F3N2O5S. The van der Waals surface area contributed by atoms with Gasteiger partial charge < -0.3 is 9.84 Å².